The van der Waals surface area contributed by atoms with Crippen molar-refractivity contribution in [3.63, 3.8) is 0 Å². The molecule has 0 aliphatic heterocycles. The van der Waals surface area contributed by atoms with E-state index in [2.05, 4.69) is 10.3 Å². The van der Waals surface area contributed by atoms with Crippen LogP contribution in [0.5, 0.6) is 0 Å². The maximum Gasteiger partial charge on any atom is 0.325 e. The molecule has 1 aromatic heterocycles. The number of hydrogen-bond donors (Lipinski definition) is 2. The number of benzene rings is 1. The van der Waals surface area contributed by atoms with E-state index in [9.17, 15) is 9.59 Å². The molecular formula is C14H15Cl2N3O2. The summed E-state index contributed by atoms with van der Waals surface area (Å²) < 4.78 is 1.55. The molecule has 5 nitrogen and oxygen atoms in total. The summed E-state index contributed by atoms with van der Waals surface area (Å²) >= 11 is 11.7. The number of carbonyl (C=O) groups excluding carboxylic acids is 1. The van der Waals surface area contributed by atoms with Crippen LogP contribution in [0, 0.1) is 13.8 Å². The molecule has 0 unspecified atom stereocenters. The van der Waals surface area contributed by atoms with Crippen molar-refractivity contribution in [1.82, 2.24) is 9.55 Å². The van der Waals surface area contributed by atoms with Gasteiger partial charge in [0.05, 0.1) is 10.0 Å². The first-order valence-electron chi connectivity index (χ1n) is 6.39. The number of imidazole rings is 1. The third kappa shape index (κ3) is 3.68. The maximum atomic E-state index is 11.9. The van der Waals surface area contributed by atoms with E-state index in [4.69, 9.17) is 23.2 Å². The second-order valence-corrected chi connectivity index (χ2v) is 5.53. The van der Waals surface area contributed by atoms with Crippen LogP contribution in [0.4, 0.5) is 5.69 Å². The lowest BCUT2D eigenvalue weighted by Crippen LogP contribution is -2.22. The second-order valence-electron chi connectivity index (χ2n) is 4.72. The van der Waals surface area contributed by atoms with Crippen LogP contribution in [0.25, 0.3) is 0 Å². The molecule has 1 heterocycles. The standard InChI is InChI=1S/C14H15Cl2N3O2/c1-8-9(2)19(14(21)17-8)6-5-13(20)18-10-3-4-11(15)12(16)7-10/h3-4,7H,5-6H2,1-2H3,(H,17,21)(H,18,20). The molecule has 0 fully saturated rings. The molecule has 0 saturated carbocycles. The first kappa shape index (κ1) is 15.7. The number of halogens is 2. The van der Waals surface area contributed by atoms with Crippen molar-refractivity contribution in [1.29, 1.82) is 0 Å². The normalized spacial score (nSPS) is 10.7. The van der Waals surface area contributed by atoms with Gasteiger partial charge in [-0.1, -0.05) is 23.2 Å². The van der Waals surface area contributed by atoms with Crippen LogP contribution in [0.2, 0.25) is 10.0 Å². The average molecular weight is 328 g/mol. The molecule has 0 radical (unpaired) electrons. The van der Waals surface area contributed by atoms with Gasteiger partial charge in [-0.15, -0.1) is 0 Å². The first-order chi connectivity index (χ1) is 9.88. The van der Waals surface area contributed by atoms with E-state index < -0.39 is 0 Å². The predicted octanol–water partition coefficient (Wildman–Crippen LogP) is 3.13. The van der Waals surface area contributed by atoms with E-state index in [0.29, 0.717) is 22.3 Å². The third-order valence-corrected chi connectivity index (χ3v) is 3.99. The largest absolute Gasteiger partial charge is 0.326 e. The van der Waals surface area contributed by atoms with Gasteiger partial charge in [0.2, 0.25) is 5.91 Å². The van der Waals surface area contributed by atoms with Gasteiger partial charge in [0.15, 0.2) is 0 Å². The van der Waals surface area contributed by atoms with Gasteiger partial charge in [0.1, 0.15) is 0 Å². The lowest BCUT2D eigenvalue weighted by molar-refractivity contribution is -0.116. The summed E-state index contributed by atoms with van der Waals surface area (Å²) in [5.41, 5.74) is 2.02. The van der Waals surface area contributed by atoms with E-state index in [-0.39, 0.29) is 18.0 Å². The van der Waals surface area contributed by atoms with Crippen LogP contribution >= 0.6 is 23.2 Å². The number of anilines is 1. The number of H-pyrrole nitrogens is 1. The first-order valence-corrected chi connectivity index (χ1v) is 7.15. The van der Waals surface area contributed by atoms with Crippen LogP contribution in [0.1, 0.15) is 17.8 Å². The zero-order valence-corrected chi connectivity index (χ0v) is 13.2. The fourth-order valence-electron chi connectivity index (χ4n) is 1.95. The summed E-state index contributed by atoms with van der Waals surface area (Å²) in [5.74, 6) is -0.196. The topological polar surface area (TPSA) is 66.9 Å². The Labute approximate surface area is 131 Å². The van der Waals surface area contributed by atoms with Crippen molar-refractivity contribution < 1.29 is 4.79 Å². The molecule has 112 valence electrons. The summed E-state index contributed by atoms with van der Waals surface area (Å²) in [6.07, 6.45) is 0.193. The van der Waals surface area contributed by atoms with Crippen molar-refractivity contribution in [2.75, 3.05) is 5.32 Å². The monoisotopic (exact) mass is 327 g/mol. The number of nitrogens with one attached hydrogen (secondary N) is 2. The smallest absolute Gasteiger partial charge is 0.325 e. The minimum absolute atomic E-state index is 0.193. The summed E-state index contributed by atoms with van der Waals surface area (Å²) in [6.45, 7) is 3.98. The van der Waals surface area contributed by atoms with Crippen molar-refractivity contribution in [2.45, 2.75) is 26.8 Å². The fraction of sp³-hybridized carbons (Fsp3) is 0.286. The van der Waals surface area contributed by atoms with Crippen LogP contribution in [0.15, 0.2) is 23.0 Å². The lowest BCUT2D eigenvalue weighted by Gasteiger charge is -2.07. The number of amides is 1. The number of nitrogens with zero attached hydrogens (tertiary/aromatic N) is 1. The quantitative estimate of drug-likeness (QED) is 0.905. The predicted molar refractivity (Wildman–Crippen MR) is 84.2 cm³/mol. The van der Waals surface area contributed by atoms with Crippen LogP contribution in [-0.4, -0.2) is 15.5 Å². The van der Waals surface area contributed by atoms with Crippen molar-refractivity contribution in [3.8, 4) is 0 Å². The SMILES string of the molecule is Cc1[nH]c(=O)n(CCC(=O)Nc2ccc(Cl)c(Cl)c2)c1C. The zero-order valence-electron chi connectivity index (χ0n) is 11.7. The highest BCUT2D eigenvalue weighted by atomic mass is 35.5. The molecular weight excluding hydrogens is 313 g/mol. The Morgan fingerprint density at radius 2 is 2.00 bits per heavy atom. The maximum absolute atomic E-state index is 11.9. The highest BCUT2D eigenvalue weighted by Crippen LogP contribution is 2.25. The van der Waals surface area contributed by atoms with Gasteiger partial charge in [-0.05, 0) is 32.0 Å². The number of carbonyl (C=O) groups is 1. The number of rotatable bonds is 4. The molecule has 0 saturated heterocycles. The number of hydrogen-bond acceptors (Lipinski definition) is 2. The Balaban J connectivity index is 1.99. The zero-order chi connectivity index (χ0) is 15.6. The lowest BCUT2D eigenvalue weighted by atomic mass is 10.3. The van der Waals surface area contributed by atoms with Crippen molar-refractivity contribution in [3.05, 3.63) is 50.1 Å². The van der Waals surface area contributed by atoms with Crippen LogP contribution in [0.3, 0.4) is 0 Å². The van der Waals surface area contributed by atoms with E-state index in [0.717, 1.165) is 11.4 Å². The Bertz CT molecular complexity index is 734. The van der Waals surface area contributed by atoms with Crippen LogP contribution in [-0.2, 0) is 11.3 Å². The molecule has 0 aliphatic rings. The van der Waals surface area contributed by atoms with Gasteiger partial charge < -0.3 is 10.3 Å². The Morgan fingerprint density at radius 1 is 1.29 bits per heavy atom. The van der Waals surface area contributed by atoms with E-state index in [1.165, 1.54) is 0 Å². The van der Waals surface area contributed by atoms with Crippen LogP contribution < -0.4 is 11.0 Å². The molecule has 0 aliphatic carbocycles. The minimum Gasteiger partial charge on any atom is -0.326 e. The number of aromatic amines is 1. The third-order valence-electron chi connectivity index (χ3n) is 3.25. The molecule has 2 aromatic rings. The van der Waals surface area contributed by atoms with Gasteiger partial charge in [-0.2, -0.15) is 0 Å². The van der Waals surface area contributed by atoms with Gasteiger partial charge in [-0.3, -0.25) is 9.36 Å². The van der Waals surface area contributed by atoms with Gasteiger partial charge in [0.25, 0.3) is 0 Å². The molecule has 0 spiro atoms. The molecule has 0 atom stereocenters. The van der Waals surface area contributed by atoms with Crippen molar-refractivity contribution in [2.24, 2.45) is 0 Å². The highest BCUT2D eigenvalue weighted by Gasteiger charge is 2.09. The summed E-state index contributed by atoms with van der Waals surface area (Å²) in [7, 11) is 0. The molecule has 2 N–H and O–H groups in total. The van der Waals surface area contributed by atoms with E-state index >= 15 is 0 Å². The van der Waals surface area contributed by atoms with Crippen molar-refractivity contribution >= 4 is 34.8 Å². The molecule has 7 heteroatoms. The summed E-state index contributed by atoms with van der Waals surface area (Å²) in [6, 6.07) is 4.87. The Morgan fingerprint density at radius 3 is 2.57 bits per heavy atom. The number of aromatic nitrogens is 2. The van der Waals surface area contributed by atoms with Gasteiger partial charge >= 0.3 is 5.69 Å². The number of aryl methyl sites for hydroxylation is 1. The minimum atomic E-state index is -0.202. The second kappa shape index (κ2) is 6.37. The molecule has 1 amide bonds. The highest BCUT2D eigenvalue weighted by molar-refractivity contribution is 6.42. The van der Waals surface area contributed by atoms with E-state index in [1.807, 2.05) is 13.8 Å². The summed E-state index contributed by atoms with van der Waals surface area (Å²) in [5, 5.41) is 3.53. The Hall–Kier alpha value is -1.72. The molecule has 21 heavy (non-hydrogen) atoms. The Kier molecular flexibility index (Phi) is 4.75. The molecule has 2 rings (SSSR count). The summed E-state index contributed by atoms with van der Waals surface area (Å²) in [4.78, 5) is 26.3. The molecule has 1 aromatic carbocycles. The van der Waals surface area contributed by atoms with Gasteiger partial charge in [0, 0.05) is 30.0 Å². The van der Waals surface area contributed by atoms with Gasteiger partial charge in [-0.25, -0.2) is 4.79 Å². The fourth-order valence-corrected chi connectivity index (χ4v) is 2.25. The van der Waals surface area contributed by atoms with E-state index in [1.54, 1.807) is 22.8 Å². The molecule has 0 bridgehead atoms. The average Bonchev–Trinajstić information content (AvgIpc) is 2.66.